The summed E-state index contributed by atoms with van der Waals surface area (Å²) in [5.74, 6) is -0.772. The molecule has 7 nitrogen and oxygen atoms in total. The summed E-state index contributed by atoms with van der Waals surface area (Å²) in [6, 6.07) is 17.9. The highest BCUT2D eigenvalue weighted by Gasteiger charge is 2.13. The molecule has 0 N–H and O–H groups in total. The molecule has 0 unspecified atom stereocenters. The zero-order chi connectivity index (χ0) is 27.5. The number of carbonyl (C=O) groups is 4. The van der Waals surface area contributed by atoms with Crippen molar-refractivity contribution in [3.05, 3.63) is 120 Å². The first kappa shape index (κ1) is 27.5. The maximum atomic E-state index is 12.6. The molecule has 3 aromatic rings. The number of hydrogen-bond donors (Lipinski definition) is 0. The summed E-state index contributed by atoms with van der Waals surface area (Å²) < 4.78 is 16.0. The number of aryl methyl sites for hydroxylation is 1. The van der Waals surface area contributed by atoms with Gasteiger partial charge in [-0.25, -0.2) is 14.4 Å². The van der Waals surface area contributed by atoms with E-state index in [9.17, 15) is 19.2 Å². The normalized spacial score (nSPS) is 10.4. The van der Waals surface area contributed by atoms with E-state index >= 15 is 0 Å². The molecule has 0 radical (unpaired) electrons. The molecule has 192 valence electrons. The molecule has 0 aliphatic heterocycles. The molecule has 0 saturated carbocycles. The van der Waals surface area contributed by atoms with Gasteiger partial charge < -0.3 is 14.2 Å². The fourth-order valence-electron chi connectivity index (χ4n) is 3.31. The van der Waals surface area contributed by atoms with Crippen molar-refractivity contribution >= 4 is 29.8 Å². The van der Waals surface area contributed by atoms with Gasteiger partial charge >= 0.3 is 17.9 Å². The topological polar surface area (TPSA) is 96.0 Å². The summed E-state index contributed by atoms with van der Waals surface area (Å²) in [6.07, 6.45) is 5.92. The van der Waals surface area contributed by atoms with Gasteiger partial charge in [-0.3, -0.25) is 4.79 Å². The number of esters is 3. The Morgan fingerprint density at radius 1 is 0.763 bits per heavy atom. The highest BCUT2D eigenvalue weighted by Crippen LogP contribution is 2.26. The Balaban J connectivity index is 1.60. The Morgan fingerprint density at radius 3 is 2.05 bits per heavy atom. The van der Waals surface area contributed by atoms with E-state index in [1.165, 1.54) is 12.2 Å². The van der Waals surface area contributed by atoms with Crippen LogP contribution in [0.3, 0.4) is 0 Å². The lowest BCUT2D eigenvalue weighted by atomic mass is 10.1. The van der Waals surface area contributed by atoms with E-state index in [-0.39, 0.29) is 12.2 Å². The second-order valence-corrected chi connectivity index (χ2v) is 8.01. The van der Waals surface area contributed by atoms with Crippen molar-refractivity contribution in [2.24, 2.45) is 0 Å². The number of rotatable bonds is 11. The molecule has 7 heteroatoms. The minimum atomic E-state index is -0.589. The Bertz CT molecular complexity index is 1380. The van der Waals surface area contributed by atoms with Crippen molar-refractivity contribution in [1.29, 1.82) is 0 Å². The third kappa shape index (κ3) is 7.99. The lowest BCUT2D eigenvalue weighted by molar-refractivity contribution is -0.129. The van der Waals surface area contributed by atoms with Crippen molar-refractivity contribution in [3.8, 4) is 17.2 Å². The van der Waals surface area contributed by atoms with Gasteiger partial charge in [0, 0.05) is 18.6 Å². The predicted molar refractivity (Wildman–Crippen MR) is 143 cm³/mol. The Labute approximate surface area is 220 Å². The van der Waals surface area contributed by atoms with Crippen molar-refractivity contribution in [2.75, 3.05) is 0 Å². The van der Waals surface area contributed by atoms with Crippen LogP contribution in [0.2, 0.25) is 0 Å². The maximum Gasteiger partial charge on any atom is 0.343 e. The Kier molecular flexibility index (Phi) is 9.65. The van der Waals surface area contributed by atoms with E-state index in [4.69, 9.17) is 14.2 Å². The molecule has 38 heavy (non-hydrogen) atoms. The van der Waals surface area contributed by atoms with Crippen molar-refractivity contribution in [2.45, 2.75) is 19.8 Å². The zero-order valence-electron chi connectivity index (χ0n) is 20.8. The van der Waals surface area contributed by atoms with E-state index in [0.717, 1.165) is 11.6 Å². The molecule has 0 aliphatic rings. The monoisotopic (exact) mass is 510 g/mol. The maximum absolute atomic E-state index is 12.6. The molecule has 0 amide bonds. The van der Waals surface area contributed by atoms with Gasteiger partial charge in [-0.05, 0) is 77.7 Å². The standard InChI is InChI=1S/C31H26O7/c1-4-23-20-27(37-30(34)18-11-21-9-14-26(15-10-21)36-29(33)6-3)16-17-28(23)38-31(35)24-12-7-22(8-13-24)19-25(32)5-2/h5-18,20H,2-4,19H2,1H3/b18-11+. The molecule has 0 aliphatic carbocycles. The molecule has 0 fully saturated rings. The second kappa shape index (κ2) is 13.3. The molecular weight excluding hydrogens is 484 g/mol. The van der Waals surface area contributed by atoms with E-state index < -0.39 is 17.9 Å². The highest BCUT2D eigenvalue weighted by atomic mass is 16.5. The van der Waals surface area contributed by atoms with Gasteiger partial charge in [0.1, 0.15) is 17.2 Å². The van der Waals surface area contributed by atoms with Gasteiger partial charge in [0.05, 0.1) is 5.56 Å². The van der Waals surface area contributed by atoms with E-state index in [2.05, 4.69) is 13.2 Å². The van der Waals surface area contributed by atoms with Crippen LogP contribution in [0.5, 0.6) is 17.2 Å². The number of ketones is 1. The fourth-order valence-corrected chi connectivity index (χ4v) is 3.31. The number of ether oxygens (including phenoxy) is 3. The lowest BCUT2D eigenvalue weighted by Crippen LogP contribution is -2.10. The summed E-state index contributed by atoms with van der Waals surface area (Å²) in [4.78, 5) is 47.6. The van der Waals surface area contributed by atoms with Crippen LogP contribution in [0.4, 0.5) is 0 Å². The molecule has 3 rings (SSSR count). The second-order valence-electron chi connectivity index (χ2n) is 8.01. The van der Waals surface area contributed by atoms with E-state index in [1.54, 1.807) is 72.8 Å². The number of allylic oxidation sites excluding steroid dienone is 1. The third-order valence-corrected chi connectivity index (χ3v) is 5.31. The first-order chi connectivity index (χ1) is 18.3. The molecule has 0 bridgehead atoms. The van der Waals surface area contributed by atoms with Gasteiger partial charge in [-0.2, -0.15) is 0 Å². The molecule has 0 aromatic heterocycles. The van der Waals surface area contributed by atoms with Crippen LogP contribution in [0.1, 0.15) is 34.0 Å². The highest BCUT2D eigenvalue weighted by molar-refractivity contribution is 5.93. The quantitative estimate of drug-likeness (QED) is 0.192. The minimum absolute atomic E-state index is 0.105. The number of benzene rings is 3. The van der Waals surface area contributed by atoms with Crippen LogP contribution in [-0.2, 0) is 27.2 Å². The predicted octanol–water partition coefficient (Wildman–Crippen LogP) is 5.48. The molecular formula is C31H26O7. The first-order valence-electron chi connectivity index (χ1n) is 11.7. The van der Waals surface area contributed by atoms with Crippen LogP contribution >= 0.6 is 0 Å². The molecule has 3 aromatic carbocycles. The average molecular weight is 511 g/mol. The van der Waals surface area contributed by atoms with Crippen LogP contribution in [0.15, 0.2) is 98.1 Å². The first-order valence-corrected chi connectivity index (χ1v) is 11.7. The van der Waals surface area contributed by atoms with Gasteiger partial charge in [0.15, 0.2) is 5.78 Å². The smallest absolute Gasteiger partial charge is 0.343 e. The molecule has 0 saturated heterocycles. The summed E-state index contributed by atoms with van der Waals surface area (Å²) in [5.41, 5.74) is 2.50. The summed E-state index contributed by atoms with van der Waals surface area (Å²) in [7, 11) is 0. The molecule has 0 atom stereocenters. The fraction of sp³-hybridized carbons (Fsp3) is 0.0968. The van der Waals surface area contributed by atoms with Crippen molar-refractivity contribution in [3.63, 3.8) is 0 Å². The Morgan fingerprint density at radius 2 is 1.42 bits per heavy atom. The van der Waals surface area contributed by atoms with Crippen LogP contribution in [0, 0.1) is 0 Å². The summed E-state index contributed by atoms with van der Waals surface area (Å²) in [5, 5.41) is 0. The minimum Gasteiger partial charge on any atom is -0.423 e. The third-order valence-electron chi connectivity index (χ3n) is 5.31. The van der Waals surface area contributed by atoms with Crippen LogP contribution in [0.25, 0.3) is 6.08 Å². The van der Waals surface area contributed by atoms with E-state index in [0.29, 0.717) is 40.4 Å². The SMILES string of the molecule is C=CC(=O)Cc1ccc(C(=O)Oc2ccc(OC(=O)/C=C/c3ccc(OC(=O)C=C)cc3)cc2CC)cc1. The average Bonchev–Trinajstić information content (AvgIpc) is 2.93. The van der Waals surface area contributed by atoms with Gasteiger partial charge in [0.25, 0.3) is 0 Å². The molecule has 0 spiro atoms. The molecule has 0 heterocycles. The lowest BCUT2D eigenvalue weighted by Gasteiger charge is -2.11. The van der Waals surface area contributed by atoms with Gasteiger partial charge in [-0.1, -0.05) is 44.3 Å². The Hall–Kier alpha value is -5.04. The van der Waals surface area contributed by atoms with Crippen LogP contribution < -0.4 is 14.2 Å². The zero-order valence-corrected chi connectivity index (χ0v) is 20.8. The summed E-state index contributed by atoms with van der Waals surface area (Å²) >= 11 is 0. The van der Waals surface area contributed by atoms with Gasteiger partial charge in [-0.15, -0.1) is 0 Å². The number of carbonyl (C=O) groups excluding carboxylic acids is 4. The number of hydrogen-bond acceptors (Lipinski definition) is 7. The van der Waals surface area contributed by atoms with E-state index in [1.807, 2.05) is 6.92 Å². The summed E-state index contributed by atoms with van der Waals surface area (Å²) in [6.45, 7) is 8.68. The van der Waals surface area contributed by atoms with Crippen molar-refractivity contribution < 1.29 is 33.4 Å². The van der Waals surface area contributed by atoms with Crippen LogP contribution in [-0.4, -0.2) is 23.7 Å². The van der Waals surface area contributed by atoms with Crippen molar-refractivity contribution in [1.82, 2.24) is 0 Å². The van der Waals surface area contributed by atoms with Gasteiger partial charge in [0.2, 0.25) is 0 Å². The largest absolute Gasteiger partial charge is 0.423 e.